The van der Waals surface area contributed by atoms with E-state index in [0.717, 1.165) is 40.7 Å². The minimum Gasteiger partial charge on any atom is -0.276 e. The zero-order valence-electron chi connectivity index (χ0n) is 12.4. The number of hydrazone groups is 1. The van der Waals surface area contributed by atoms with Crippen LogP contribution in [0.2, 0.25) is 0 Å². The van der Waals surface area contributed by atoms with Crippen LogP contribution < -0.4 is 0 Å². The maximum absolute atomic E-state index is 12.2. The van der Waals surface area contributed by atoms with Crippen LogP contribution in [-0.2, 0) is 9.59 Å². The first-order chi connectivity index (χ1) is 11.1. The summed E-state index contributed by atoms with van der Waals surface area (Å²) in [6, 6.07) is 7.51. The fourth-order valence-corrected chi connectivity index (χ4v) is 3.53. The number of rotatable bonds is 3. The lowest BCUT2D eigenvalue weighted by Crippen LogP contribution is -2.41. The Morgan fingerprint density at radius 1 is 1.09 bits per heavy atom. The quantitative estimate of drug-likeness (QED) is 0.450. The van der Waals surface area contributed by atoms with E-state index < -0.39 is 11.8 Å². The van der Waals surface area contributed by atoms with Crippen molar-refractivity contribution in [2.75, 3.05) is 0 Å². The van der Waals surface area contributed by atoms with Gasteiger partial charge >= 0.3 is 11.8 Å². The monoisotopic (exact) mass is 393 g/mol. The zero-order valence-corrected chi connectivity index (χ0v) is 14.8. The normalized spacial score (nSPS) is 20.1. The lowest BCUT2D eigenvalue weighted by molar-refractivity contribution is -0.144. The molecule has 1 aliphatic carbocycles. The molecular weight excluding hydrogens is 378 g/mol. The van der Waals surface area contributed by atoms with Crippen molar-refractivity contribution in [1.29, 1.82) is 0 Å². The highest BCUT2D eigenvalue weighted by atomic mass is 79.9. The minimum absolute atomic E-state index is 0.0283. The maximum atomic E-state index is 12.2. The summed E-state index contributed by atoms with van der Waals surface area (Å²) in [4.78, 5) is 25.9. The second-order valence-electron chi connectivity index (χ2n) is 5.66. The van der Waals surface area contributed by atoms with E-state index >= 15 is 0 Å². The van der Waals surface area contributed by atoms with E-state index in [0.29, 0.717) is 0 Å². The molecule has 1 aromatic carbocycles. The highest BCUT2D eigenvalue weighted by molar-refractivity contribution is 9.10. The van der Waals surface area contributed by atoms with Crippen LogP contribution in [0.15, 0.2) is 33.8 Å². The smallest absolute Gasteiger partial charge is 0.276 e. The number of amides is 2. The fraction of sp³-hybridized carbons (Fsp3) is 0.375. The van der Waals surface area contributed by atoms with Gasteiger partial charge in [0.05, 0.1) is 6.21 Å². The van der Waals surface area contributed by atoms with Crippen LogP contribution in [0, 0.1) is 0 Å². The summed E-state index contributed by atoms with van der Waals surface area (Å²) in [6.07, 6.45) is 6.62. The first kappa shape index (κ1) is 16.3. The summed E-state index contributed by atoms with van der Waals surface area (Å²) in [6.45, 7) is 0. The zero-order chi connectivity index (χ0) is 16.4. The van der Waals surface area contributed by atoms with Gasteiger partial charge in [-0.2, -0.15) is 10.1 Å². The lowest BCUT2D eigenvalue weighted by Gasteiger charge is -2.29. The van der Waals surface area contributed by atoms with Crippen LogP contribution in [0.25, 0.3) is 0 Å². The number of halogens is 1. The van der Waals surface area contributed by atoms with E-state index in [1.165, 1.54) is 17.5 Å². The molecule has 0 atom stereocenters. The van der Waals surface area contributed by atoms with Gasteiger partial charge in [0.1, 0.15) is 0 Å². The van der Waals surface area contributed by atoms with Crippen LogP contribution in [0.1, 0.15) is 37.7 Å². The van der Waals surface area contributed by atoms with Crippen LogP contribution >= 0.6 is 28.1 Å². The van der Waals surface area contributed by atoms with E-state index in [9.17, 15) is 9.59 Å². The fourth-order valence-electron chi connectivity index (χ4n) is 2.91. The van der Waals surface area contributed by atoms with E-state index in [4.69, 9.17) is 12.2 Å². The van der Waals surface area contributed by atoms with Crippen LogP contribution in [0.4, 0.5) is 0 Å². The molecule has 7 heteroatoms. The van der Waals surface area contributed by atoms with E-state index in [1.54, 1.807) is 0 Å². The largest absolute Gasteiger partial charge is 0.339 e. The van der Waals surface area contributed by atoms with Gasteiger partial charge in [-0.1, -0.05) is 47.3 Å². The number of thiocarbonyl (C=S) groups is 1. The summed E-state index contributed by atoms with van der Waals surface area (Å²) in [5.74, 6) is -1.23. The Balaban J connectivity index is 1.77. The third-order valence-corrected chi connectivity index (χ3v) is 5.01. The number of hydrogen-bond donors (Lipinski definition) is 0. The van der Waals surface area contributed by atoms with Gasteiger partial charge in [0.2, 0.25) is 5.11 Å². The molecule has 5 nitrogen and oxygen atoms in total. The van der Waals surface area contributed by atoms with Gasteiger partial charge < -0.3 is 0 Å². The van der Waals surface area contributed by atoms with Crippen LogP contribution in [0.3, 0.4) is 0 Å². The molecule has 1 saturated heterocycles. The molecule has 0 aromatic heterocycles. The van der Waals surface area contributed by atoms with Crippen LogP contribution in [0.5, 0.6) is 0 Å². The van der Waals surface area contributed by atoms with Crippen molar-refractivity contribution in [3.05, 3.63) is 34.3 Å². The third-order valence-electron chi connectivity index (χ3n) is 4.11. The first-order valence-electron chi connectivity index (χ1n) is 7.59. The van der Waals surface area contributed by atoms with Gasteiger partial charge in [-0.3, -0.25) is 14.5 Å². The predicted octanol–water partition coefficient (Wildman–Crippen LogP) is 3.07. The predicted molar refractivity (Wildman–Crippen MR) is 94.9 cm³/mol. The Kier molecular flexibility index (Phi) is 4.87. The second-order valence-corrected chi connectivity index (χ2v) is 6.94. The molecule has 0 unspecified atom stereocenters. The molecule has 0 radical (unpaired) electrons. The van der Waals surface area contributed by atoms with E-state index in [1.807, 2.05) is 24.3 Å². The number of nitrogens with zero attached hydrogens (tertiary/aromatic N) is 3. The topological polar surface area (TPSA) is 53.0 Å². The number of carbonyl (C=O) groups excluding carboxylic acids is 2. The maximum Gasteiger partial charge on any atom is 0.339 e. The summed E-state index contributed by atoms with van der Waals surface area (Å²) in [5.41, 5.74) is 0.826. The molecular formula is C16H16BrN3O2S. The lowest BCUT2D eigenvalue weighted by atomic mass is 9.94. The Hall–Kier alpha value is -1.60. The van der Waals surface area contributed by atoms with Gasteiger partial charge in [-0.15, -0.1) is 0 Å². The van der Waals surface area contributed by atoms with E-state index in [-0.39, 0.29) is 11.2 Å². The number of carbonyl (C=O) groups is 2. The Morgan fingerprint density at radius 2 is 1.74 bits per heavy atom. The Bertz CT molecular complexity index is 668. The average Bonchev–Trinajstić information content (AvgIpc) is 2.78. The second kappa shape index (κ2) is 6.88. The highest BCUT2D eigenvalue weighted by Crippen LogP contribution is 2.27. The summed E-state index contributed by atoms with van der Waals surface area (Å²) in [7, 11) is 0. The van der Waals surface area contributed by atoms with Crippen molar-refractivity contribution in [1.82, 2.24) is 9.91 Å². The number of benzene rings is 1. The molecule has 0 spiro atoms. The van der Waals surface area contributed by atoms with Crippen LogP contribution in [-0.4, -0.2) is 39.1 Å². The summed E-state index contributed by atoms with van der Waals surface area (Å²) >= 11 is 8.68. The minimum atomic E-state index is -0.672. The van der Waals surface area contributed by atoms with Crippen molar-refractivity contribution < 1.29 is 9.59 Å². The molecule has 1 aliphatic heterocycles. The van der Waals surface area contributed by atoms with Crippen molar-refractivity contribution in [3.8, 4) is 0 Å². The standard InChI is InChI=1S/C16H16BrN3O2S/c17-12-8-6-11(7-9-12)10-18-20-15(22)14(21)19(16(20)23)13-4-2-1-3-5-13/h6-10,13H,1-5H2/b18-10+. The van der Waals surface area contributed by atoms with Gasteiger partial charge in [0.25, 0.3) is 0 Å². The summed E-state index contributed by atoms with van der Waals surface area (Å²) < 4.78 is 0.959. The average molecular weight is 394 g/mol. The third kappa shape index (κ3) is 3.35. The summed E-state index contributed by atoms with van der Waals surface area (Å²) in [5, 5.41) is 5.35. The van der Waals surface area contributed by atoms with Crippen molar-refractivity contribution in [2.24, 2.45) is 5.10 Å². The molecule has 2 amide bonds. The molecule has 3 rings (SSSR count). The Labute approximate surface area is 148 Å². The molecule has 0 N–H and O–H groups in total. The first-order valence-corrected chi connectivity index (χ1v) is 8.79. The Morgan fingerprint density at radius 3 is 2.39 bits per heavy atom. The van der Waals surface area contributed by atoms with Crippen molar-refractivity contribution in [3.63, 3.8) is 0 Å². The van der Waals surface area contributed by atoms with Gasteiger partial charge in [0, 0.05) is 10.5 Å². The molecule has 0 bridgehead atoms. The molecule has 120 valence electrons. The van der Waals surface area contributed by atoms with Crippen molar-refractivity contribution >= 4 is 51.3 Å². The molecule has 23 heavy (non-hydrogen) atoms. The molecule has 2 fully saturated rings. The number of hydrogen-bond acceptors (Lipinski definition) is 4. The van der Waals surface area contributed by atoms with Gasteiger partial charge in [-0.05, 0) is 42.8 Å². The van der Waals surface area contributed by atoms with Crippen molar-refractivity contribution in [2.45, 2.75) is 38.1 Å². The van der Waals surface area contributed by atoms with Gasteiger partial charge in [0.15, 0.2) is 0 Å². The molecule has 1 heterocycles. The van der Waals surface area contributed by atoms with E-state index in [2.05, 4.69) is 21.0 Å². The SMILES string of the molecule is O=C1C(=O)N(C2CCCCC2)C(=S)N1/N=C/c1ccc(Br)cc1. The highest BCUT2D eigenvalue weighted by Gasteiger charge is 2.45. The van der Waals surface area contributed by atoms with Gasteiger partial charge in [-0.25, -0.2) is 0 Å². The molecule has 1 saturated carbocycles. The molecule has 2 aliphatic rings. The molecule has 1 aromatic rings.